The molecule has 0 aromatic carbocycles. The molecule has 0 radical (unpaired) electrons. The van der Waals surface area contributed by atoms with Crippen molar-refractivity contribution in [3.05, 3.63) is 22.3 Å². The van der Waals surface area contributed by atoms with Crippen LogP contribution in [0.4, 0.5) is 5.82 Å². The Morgan fingerprint density at radius 1 is 1.53 bits per heavy atom. The number of nitriles is 1. The molecule has 0 spiro atoms. The molecule has 80 valence electrons. The zero-order valence-corrected chi connectivity index (χ0v) is 10.6. The predicted octanol–water partition coefficient (Wildman–Crippen LogP) is 2.89. The molecule has 3 nitrogen and oxygen atoms in total. The van der Waals surface area contributed by atoms with Gasteiger partial charge in [-0.1, -0.05) is 0 Å². The average molecular weight is 268 g/mol. The molecule has 0 bridgehead atoms. The van der Waals surface area contributed by atoms with Gasteiger partial charge in [-0.15, -0.1) is 0 Å². The lowest BCUT2D eigenvalue weighted by atomic mass is 10.3. The highest BCUT2D eigenvalue weighted by atomic mass is 79.9. The Morgan fingerprint density at radius 2 is 2.27 bits per heavy atom. The van der Waals surface area contributed by atoms with Crippen molar-refractivity contribution in [2.75, 3.05) is 18.0 Å². The van der Waals surface area contributed by atoms with Gasteiger partial charge in [-0.05, 0) is 41.9 Å². The van der Waals surface area contributed by atoms with E-state index in [4.69, 9.17) is 5.26 Å². The first-order chi connectivity index (χ1) is 7.19. The van der Waals surface area contributed by atoms with Gasteiger partial charge in [-0.25, -0.2) is 4.98 Å². The molecule has 0 saturated heterocycles. The quantitative estimate of drug-likeness (QED) is 0.842. The first-order valence-electron chi connectivity index (χ1n) is 4.94. The predicted molar refractivity (Wildman–Crippen MR) is 64.8 cm³/mol. The first kappa shape index (κ1) is 12.0. The second-order valence-corrected chi connectivity index (χ2v) is 4.08. The van der Waals surface area contributed by atoms with Crippen molar-refractivity contribution in [1.29, 1.82) is 5.26 Å². The molecule has 1 heterocycles. The van der Waals surface area contributed by atoms with Crippen LogP contribution in [-0.4, -0.2) is 18.1 Å². The molecule has 0 unspecified atom stereocenters. The fourth-order valence-corrected chi connectivity index (χ4v) is 1.55. The Labute approximate surface area is 98.9 Å². The highest BCUT2D eigenvalue weighted by molar-refractivity contribution is 9.10. The zero-order chi connectivity index (χ0) is 11.3. The molecule has 0 aliphatic heterocycles. The number of hydrogen-bond acceptors (Lipinski definition) is 3. The summed E-state index contributed by atoms with van der Waals surface area (Å²) in [6, 6.07) is 6.11. The second kappa shape index (κ2) is 5.72. The molecule has 15 heavy (non-hydrogen) atoms. The highest BCUT2D eigenvalue weighted by Crippen LogP contribution is 2.18. The number of pyridine rings is 1. The van der Waals surface area contributed by atoms with Crippen LogP contribution >= 0.6 is 15.9 Å². The minimum atomic E-state index is 0.532. The Hall–Kier alpha value is -1.08. The van der Waals surface area contributed by atoms with E-state index >= 15 is 0 Å². The molecular weight excluding hydrogens is 254 g/mol. The summed E-state index contributed by atoms with van der Waals surface area (Å²) < 4.78 is 1.02. The van der Waals surface area contributed by atoms with E-state index in [-0.39, 0.29) is 0 Å². The summed E-state index contributed by atoms with van der Waals surface area (Å²) in [6.45, 7) is 5.64. The van der Waals surface area contributed by atoms with Gasteiger partial charge in [0.25, 0.3) is 0 Å². The van der Waals surface area contributed by atoms with Gasteiger partial charge in [0.2, 0.25) is 0 Å². The highest BCUT2D eigenvalue weighted by Gasteiger charge is 2.06. The van der Waals surface area contributed by atoms with Crippen molar-refractivity contribution in [2.45, 2.75) is 20.3 Å². The Bertz CT molecular complexity index is 371. The summed E-state index contributed by atoms with van der Waals surface area (Å²) in [5.74, 6) is 0.938. The fraction of sp³-hybridized carbons (Fsp3) is 0.455. The van der Waals surface area contributed by atoms with E-state index in [9.17, 15) is 0 Å². The number of aromatic nitrogens is 1. The van der Waals surface area contributed by atoms with Gasteiger partial charge in [-0.3, -0.25) is 0 Å². The van der Waals surface area contributed by atoms with Crippen LogP contribution in [0.1, 0.15) is 19.0 Å². The van der Waals surface area contributed by atoms with Crippen LogP contribution in [0.2, 0.25) is 0 Å². The van der Waals surface area contributed by atoms with E-state index in [2.05, 4.69) is 38.8 Å². The lowest BCUT2D eigenvalue weighted by Crippen LogP contribution is -2.24. The smallest absolute Gasteiger partial charge is 0.128 e. The monoisotopic (exact) mass is 267 g/mol. The SMILES string of the molecule is CCN(CCC#N)c1ccc(Br)c(C)n1. The summed E-state index contributed by atoms with van der Waals surface area (Å²) >= 11 is 3.42. The second-order valence-electron chi connectivity index (χ2n) is 3.22. The number of rotatable bonds is 4. The van der Waals surface area contributed by atoms with Gasteiger partial charge in [0, 0.05) is 17.6 Å². The summed E-state index contributed by atoms with van der Waals surface area (Å²) in [5.41, 5.74) is 0.975. The van der Waals surface area contributed by atoms with Crippen molar-refractivity contribution >= 4 is 21.7 Å². The van der Waals surface area contributed by atoms with E-state index in [0.717, 1.165) is 29.1 Å². The molecule has 1 aromatic rings. The lowest BCUT2D eigenvalue weighted by Gasteiger charge is -2.21. The number of anilines is 1. The van der Waals surface area contributed by atoms with Gasteiger partial charge >= 0.3 is 0 Å². The summed E-state index contributed by atoms with van der Waals surface area (Å²) in [5, 5.41) is 8.55. The van der Waals surface area contributed by atoms with Crippen molar-refractivity contribution in [2.24, 2.45) is 0 Å². The summed E-state index contributed by atoms with van der Waals surface area (Å²) in [6.07, 6.45) is 0.532. The van der Waals surface area contributed by atoms with Gasteiger partial charge in [0.15, 0.2) is 0 Å². The molecule has 0 aliphatic carbocycles. The minimum Gasteiger partial charge on any atom is -0.356 e. The average Bonchev–Trinajstić information content (AvgIpc) is 2.24. The van der Waals surface area contributed by atoms with Crippen LogP contribution in [0, 0.1) is 18.3 Å². The number of aryl methyl sites for hydroxylation is 1. The number of hydrogen-bond donors (Lipinski definition) is 0. The van der Waals surface area contributed by atoms with E-state index in [1.165, 1.54) is 0 Å². The summed E-state index contributed by atoms with van der Waals surface area (Å²) in [4.78, 5) is 6.57. The Morgan fingerprint density at radius 3 is 2.80 bits per heavy atom. The topological polar surface area (TPSA) is 39.9 Å². The molecule has 0 N–H and O–H groups in total. The zero-order valence-electron chi connectivity index (χ0n) is 9.00. The third-order valence-corrected chi connectivity index (χ3v) is 3.04. The summed E-state index contributed by atoms with van der Waals surface area (Å²) in [7, 11) is 0. The molecule has 0 fully saturated rings. The van der Waals surface area contributed by atoms with E-state index in [0.29, 0.717) is 6.42 Å². The minimum absolute atomic E-state index is 0.532. The Balaban J connectivity index is 2.83. The van der Waals surface area contributed by atoms with Crippen LogP contribution in [0.15, 0.2) is 16.6 Å². The van der Waals surface area contributed by atoms with Crippen LogP contribution in [-0.2, 0) is 0 Å². The normalized spacial score (nSPS) is 9.73. The third kappa shape index (κ3) is 3.21. The largest absolute Gasteiger partial charge is 0.356 e. The van der Waals surface area contributed by atoms with Crippen molar-refractivity contribution in [3.8, 4) is 6.07 Å². The van der Waals surface area contributed by atoms with Gasteiger partial charge in [0.1, 0.15) is 5.82 Å². The molecule has 1 rings (SSSR count). The van der Waals surface area contributed by atoms with Crippen molar-refractivity contribution < 1.29 is 0 Å². The van der Waals surface area contributed by atoms with E-state index in [1.54, 1.807) is 0 Å². The van der Waals surface area contributed by atoms with Gasteiger partial charge in [0.05, 0.1) is 18.2 Å². The standard InChI is InChI=1S/C11H14BrN3/c1-3-15(8-4-7-13)11-6-5-10(12)9(2)14-11/h5-6H,3-4,8H2,1-2H3. The first-order valence-corrected chi connectivity index (χ1v) is 5.73. The maximum atomic E-state index is 8.55. The van der Waals surface area contributed by atoms with Crippen molar-refractivity contribution in [3.63, 3.8) is 0 Å². The lowest BCUT2D eigenvalue weighted by molar-refractivity contribution is 0.807. The Kier molecular flexibility index (Phi) is 4.57. The molecule has 0 saturated carbocycles. The van der Waals surface area contributed by atoms with Gasteiger partial charge < -0.3 is 4.90 Å². The van der Waals surface area contributed by atoms with Crippen LogP contribution in [0.5, 0.6) is 0 Å². The fourth-order valence-electron chi connectivity index (χ4n) is 1.33. The molecule has 4 heteroatoms. The maximum absolute atomic E-state index is 8.55. The number of nitrogens with zero attached hydrogens (tertiary/aromatic N) is 3. The third-order valence-electron chi connectivity index (χ3n) is 2.21. The van der Waals surface area contributed by atoms with E-state index in [1.807, 2.05) is 19.1 Å². The number of halogens is 1. The van der Waals surface area contributed by atoms with Crippen LogP contribution < -0.4 is 4.90 Å². The maximum Gasteiger partial charge on any atom is 0.128 e. The molecule has 1 aromatic heterocycles. The van der Waals surface area contributed by atoms with Crippen molar-refractivity contribution in [1.82, 2.24) is 4.98 Å². The van der Waals surface area contributed by atoms with E-state index < -0.39 is 0 Å². The molecule has 0 amide bonds. The van der Waals surface area contributed by atoms with Crippen LogP contribution in [0.3, 0.4) is 0 Å². The van der Waals surface area contributed by atoms with Crippen LogP contribution in [0.25, 0.3) is 0 Å². The molecular formula is C11H14BrN3. The van der Waals surface area contributed by atoms with Gasteiger partial charge in [-0.2, -0.15) is 5.26 Å². The molecule has 0 aliphatic rings. The molecule has 0 atom stereocenters.